The first kappa shape index (κ1) is 11.6. The molecule has 0 saturated carbocycles. The Morgan fingerprint density at radius 1 is 1.39 bits per heavy atom. The molecule has 3 nitrogen and oxygen atoms in total. The van der Waals surface area contributed by atoms with E-state index in [1.165, 1.54) is 11.1 Å². The van der Waals surface area contributed by atoms with Crippen molar-refractivity contribution in [2.24, 2.45) is 0 Å². The fraction of sp³-hybridized carbons (Fsp3) is 0.357. The number of hydrogen-bond acceptors (Lipinski definition) is 1. The molecular weight excluding hydrogens is 248 g/mol. The molecule has 4 heteroatoms. The second-order valence-corrected chi connectivity index (χ2v) is 5.39. The largest absolute Gasteiger partial charge is 0.358 e. The van der Waals surface area contributed by atoms with Crippen LogP contribution in [0.2, 0.25) is 0 Å². The molecule has 0 bridgehead atoms. The van der Waals surface area contributed by atoms with E-state index in [-0.39, 0.29) is 11.3 Å². The summed E-state index contributed by atoms with van der Waals surface area (Å²) in [4.78, 5) is 16.8. The number of nitrogens with one attached hydrogen (secondary N) is 1. The first-order chi connectivity index (χ1) is 8.72. The number of hydrogen-bond donors (Lipinski definition) is 1. The number of amides is 1. The minimum absolute atomic E-state index is 0.0137. The van der Waals surface area contributed by atoms with E-state index in [0.29, 0.717) is 13.0 Å². The lowest BCUT2D eigenvalue weighted by Crippen LogP contribution is -2.27. The highest BCUT2D eigenvalue weighted by Gasteiger charge is 2.27. The van der Waals surface area contributed by atoms with Crippen molar-refractivity contribution in [1.82, 2.24) is 9.88 Å². The molecule has 1 fully saturated rings. The molecule has 0 radical (unpaired) electrons. The zero-order valence-corrected chi connectivity index (χ0v) is 10.8. The van der Waals surface area contributed by atoms with Crippen LogP contribution >= 0.6 is 11.6 Å². The molecule has 0 aliphatic carbocycles. The molecule has 94 valence electrons. The van der Waals surface area contributed by atoms with Crippen molar-refractivity contribution >= 4 is 28.4 Å². The number of H-pyrrole nitrogens is 1. The number of benzene rings is 1. The highest BCUT2D eigenvalue weighted by molar-refractivity contribution is 6.22. The topological polar surface area (TPSA) is 36.1 Å². The second kappa shape index (κ2) is 4.65. The maximum atomic E-state index is 11.6. The SMILES string of the molecule is O=C1CC(Cl)CN1CCc1cc2ccccc2[nH]1. The van der Waals surface area contributed by atoms with Crippen LogP contribution in [0, 0.1) is 0 Å². The summed E-state index contributed by atoms with van der Waals surface area (Å²) in [5.41, 5.74) is 2.32. The summed E-state index contributed by atoms with van der Waals surface area (Å²) in [5.74, 6) is 0.172. The van der Waals surface area contributed by atoms with E-state index in [2.05, 4.69) is 23.2 Å². The number of para-hydroxylation sites is 1. The van der Waals surface area contributed by atoms with E-state index in [4.69, 9.17) is 11.6 Å². The van der Waals surface area contributed by atoms with Crippen LogP contribution in [0.15, 0.2) is 30.3 Å². The van der Waals surface area contributed by atoms with E-state index in [1.807, 2.05) is 17.0 Å². The lowest BCUT2D eigenvalue weighted by Gasteiger charge is -2.14. The van der Waals surface area contributed by atoms with Crippen molar-refractivity contribution in [2.75, 3.05) is 13.1 Å². The fourth-order valence-electron chi connectivity index (χ4n) is 2.46. The number of aromatic nitrogens is 1. The van der Waals surface area contributed by atoms with E-state index < -0.39 is 0 Å². The minimum atomic E-state index is -0.0137. The van der Waals surface area contributed by atoms with Gasteiger partial charge in [0.05, 0.1) is 5.38 Å². The molecule has 1 aliphatic rings. The lowest BCUT2D eigenvalue weighted by atomic mass is 10.2. The molecule has 1 aromatic carbocycles. The van der Waals surface area contributed by atoms with Crippen LogP contribution in [-0.4, -0.2) is 34.3 Å². The Bertz CT molecular complexity index is 545. The maximum Gasteiger partial charge on any atom is 0.224 e. The van der Waals surface area contributed by atoms with Gasteiger partial charge in [-0.25, -0.2) is 0 Å². The van der Waals surface area contributed by atoms with Gasteiger partial charge in [0.2, 0.25) is 5.91 Å². The molecule has 1 atom stereocenters. The third kappa shape index (κ3) is 2.23. The number of alkyl halides is 1. The zero-order chi connectivity index (χ0) is 12.5. The Labute approximate surface area is 111 Å². The van der Waals surface area contributed by atoms with Gasteiger partial charge < -0.3 is 9.88 Å². The number of carbonyl (C=O) groups is 1. The van der Waals surface area contributed by atoms with Gasteiger partial charge in [-0.2, -0.15) is 0 Å². The van der Waals surface area contributed by atoms with Gasteiger partial charge in [-0.05, 0) is 17.5 Å². The zero-order valence-electron chi connectivity index (χ0n) is 10.0. The maximum absolute atomic E-state index is 11.6. The molecule has 1 amide bonds. The van der Waals surface area contributed by atoms with Crippen LogP contribution < -0.4 is 0 Å². The standard InChI is InChI=1S/C14H15ClN2O/c15-11-8-14(18)17(9-11)6-5-12-7-10-3-1-2-4-13(10)16-12/h1-4,7,11,16H,5-6,8-9H2. The first-order valence-corrected chi connectivity index (χ1v) is 6.64. The van der Waals surface area contributed by atoms with Crippen molar-refractivity contribution in [1.29, 1.82) is 0 Å². The van der Waals surface area contributed by atoms with Crippen molar-refractivity contribution in [2.45, 2.75) is 18.2 Å². The summed E-state index contributed by atoms with van der Waals surface area (Å²) in [6.07, 6.45) is 1.33. The van der Waals surface area contributed by atoms with Gasteiger partial charge >= 0.3 is 0 Å². The number of aromatic amines is 1. The van der Waals surface area contributed by atoms with Gasteiger partial charge in [-0.1, -0.05) is 18.2 Å². The van der Waals surface area contributed by atoms with Gasteiger partial charge in [-0.3, -0.25) is 4.79 Å². The number of rotatable bonds is 3. The number of carbonyl (C=O) groups excluding carboxylic acids is 1. The summed E-state index contributed by atoms with van der Waals surface area (Å²) in [6.45, 7) is 1.43. The van der Waals surface area contributed by atoms with Gasteiger partial charge in [0.15, 0.2) is 0 Å². The van der Waals surface area contributed by atoms with Crippen molar-refractivity contribution in [3.63, 3.8) is 0 Å². The van der Waals surface area contributed by atoms with Crippen LogP contribution in [0.3, 0.4) is 0 Å². The quantitative estimate of drug-likeness (QED) is 0.848. The Morgan fingerprint density at radius 3 is 2.94 bits per heavy atom. The monoisotopic (exact) mass is 262 g/mol. The molecule has 1 aromatic heterocycles. The Hall–Kier alpha value is -1.48. The van der Waals surface area contributed by atoms with Crippen LogP contribution in [0.25, 0.3) is 10.9 Å². The lowest BCUT2D eigenvalue weighted by molar-refractivity contribution is -0.127. The number of fused-ring (bicyclic) bond motifs is 1. The van der Waals surface area contributed by atoms with Crippen LogP contribution in [-0.2, 0) is 11.2 Å². The van der Waals surface area contributed by atoms with Gasteiger partial charge in [0.25, 0.3) is 0 Å². The summed E-state index contributed by atoms with van der Waals surface area (Å²) in [5, 5.41) is 1.20. The predicted octanol–water partition coefficient (Wildman–Crippen LogP) is 2.55. The highest BCUT2D eigenvalue weighted by atomic mass is 35.5. The predicted molar refractivity (Wildman–Crippen MR) is 72.8 cm³/mol. The highest BCUT2D eigenvalue weighted by Crippen LogP contribution is 2.18. The summed E-state index contributed by atoms with van der Waals surface area (Å²) in [6, 6.07) is 10.3. The van der Waals surface area contributed by atoms with Crippen LogP contribution in [0.1, 0.15) is 12.1 Å². The normalized spacial score (nSPS) is 19.9. The molecule has 2 heterocycles. The van der Waals surface area contributed by atoms with Crippen LogP contribution in [0.4, 0.5) is 0 Å². The average Bonchev–Trinajstić information content (AvgIpc) is 2.89. The van der Waals surface area contributed by atoms with Crippen molar-refractivity contribution < 1.29 is 4.79 Å². The molecule has 1 N–H and O–H groups in total. The van der Waals surface area contributed by atoms with E-state index in [0.717, 1.165) is 18.5 Å². The van der Waals surface area contributed by atoms with Crippen LogP contribution in [0.5, 0.6) is 0 Å². The second-order valence-electron chi connectivity index (χ2n) is 4.77. The van der Waals surface area contributed by atoms with Gasteiger partial charge in [-0.15, -0.1) is 11.6 Å². The third-order valence-electron chi connectivity index (χ3n) is 3.40. The Morgan fingerprint density at radius 2 is 2.22 bits per heavy atom. The first-order valence-electron chi connectivity index (χ1n) is 6.21. The molecule has 3 rings (SSSR count). The van der Waals surface area contributed by atoms with Gasteiger partial charge in [0, 0.05) is 37.1 Å². The summed E-state index contributed by atoms with van der Waals surface area (Å²) < 4.78 is 0. The molecule has 2 aromatic rings. The van der Waals surface area contributed by atoms with E-state index in [1.54, 1.807) is 0 Å². The van der Waals surface area contributed by atoms with Crippen molar-refractivity contribution in [3.8, 4) is 0 Å². The summed E-state index contributed by atoms with van der Waals surface area (Å²) >= 11 is 5.98. The Balaban J connectivity index is 1.68. The number of likely N-dealkylation sites (tertiary alicyclic amines) is 1. The van der Waals surface area contributed by atoms with Crippen molar-refractivity contribution in [3.05, 3.63) is 36.0 Å². The molecule has 1 saturated heterocycles. The summed E-state index contributed by atoms with van der Waals surface area (Å²) in [7, 11) is 0. The average molecular weight is 263 g/mol. The molecule has 18 heavy (non-hydrogen) atoms. The van der Waals surface area contributed by atoms with E-state index >= 15 is 0 Å². The molecular formula is C14H15ClN2O. The molecule has 1 aliphatic heterocycles. The molecule has 0 spiro atoms. The smallest absolute Gasteiger partial charge is 0.224 e. The minimum Gasteiger partial charge on any atom is -0.358 e. The van der Waals surface area contributed by atoms with E-state index in [9.17, 15) is 4.79 Å². The number of halogens is 1. The Kier molecular flexibility index (Phi) is 3.00. The number of nitrogens with zero attached hydrogens (tertiary/aromatic N) is 1. The third-order valence-corrected chi connectivity index (χ3v) is 3.70. The van der Waals surface area contributed by atoms with Gasteiger partial charge in [0.1, 0.15) is 0 Å². The molecule has 1 unspecified atom stereocenters. The fourth-order valence-corrected chi connectivity index (χ4v) is 2.76.